The summed E-state index contributed by atoms with van der Waals surface area (Å²) in [6, 6.07) is 15.1. The number of carbonyl (C=O) groups is 1. The van der Waals surface area contributed by atoms with Crippen molar-refractivity contribution in [2.45, 2.75) is 6.23 Å². The van der Waals surface area contributed by atoms with Crippen LogP contribution in [0.5, 0.6) is 0 Å². The van der Waals surface area contributed by atoms with Crippen LogP contribution in [0.3, 0.4) is 0 Å². The maximum Gasteiger partial charge on any atom is 0.349 e. The van der Waals surface area contributed by atoms with Gasteiger partial charge in [0.15, 0.2) is 5.13 Å². The van der Waals surface area contributed by atoms with E-state index in [1.807, 2.05) is 5.38 Å². The van der Waals surface area contributed by atoms with E-state index in [1.54, 1.807) is 24.3 Å². The second-order valence-electron chi connectivity index (χ2n) is 4.91. The van der Waals surface area contributed by atoms with E-state index in [2.05, 4.69) is 22.4 Å². The van der Waals surface area contributed by atoms with Crippen molar-refractivity contribution < 1.29 is 13.9 Å². The van der Waals surface area contributed by atoms with Gasteiger partial charge in [0.05, 0.1) is 5.69 Å². The van der Waals surface area contributed by atoms with Gasteiger partial charge in [0.1, 0.15) is 11.4 Å². The first-order valence-electron chi connectivity index (χ1n) is 6.82. The van der Waals surface area contributed by atoms with Gasteiger partial charge >= 0.3 is 5.97 Å². The number of esters is 1. The number of nitrogens with zero attached hydrogens (tertiary/aromatic N) is 1. The zero-order valence-electron chi connectivity index (χ0n) is 11.7. The van der Waals surface area contributed by atoms with E-state index in [1.165, 1.54) is 23.5 Å². The lowest BCUT2D eigenvalue weighted by Crippen LogP contribution is -2.09. The molecule has 1 unspecified atom stereocenters. The van der Waals surface area contributed by atoms with Crippen molar-refractivity contribution in [3.05, 3.63) is 70.9 Å². The molecule has 0 spiro atoms. The molecule has 1 aliphatic rings. The highest BCUT2D eigenvalue weighted by Gasteiger charge is 2.31. The topological polar surface area (TPSA) is 51.2 Å². The average Bonchev–Trinajstić information content (AvgIpc) is 3.15. The molecule has 0 amide bonds. The third kappa shape index (κ3) is 2.51. The number of rotatable bonds is 3. The summed E-state index contributed by atoms with van der Waals surface area (Å²) in [7, 11) is 0. The van der Waals surface area contributed by atoms with Crippen LogP contribution in [-0.4, -0.2) is 11.0 Å². The first-order valence-corrected chi connectivity index (χ1v) is 7.70. The van der Waals surface area contributed by atoms with Crippen LogP contribution in [0.25, 0.3) is 11.3 Å². The number of nitrogens with one attached hydrogen (secondary N) is 1. The molecule has 0 saturated carbocycles. The van der Waals surface area contributed by atoms with Crippen molar-refractivity contribution in [1.29, 1.82) is 0 Å². The lowest BCUT2D eigenvalue weighted by atomic mass is 10.1. The molecule has 2 heterocycles. The molecule has 23 heavy (non-hydrogen) atoms. The van der Waals surface area contributed by atoms with Gasteiger partial charge in [-0.1, -0.05) is 12.1 Å². The van der Waals surface area contributed by atoms with E-state index >= 15 is 0 Å². The minimum Gasteiger partial charge on any atom is -0.433 e. The van der Waals surface area contributed by atoms with Crippen LogP contribution in [0.1, 0.15) is 22.1 Å². The second kappa shape index (κ2) is 5.38. The van der Waals surface area contributed by atoms with E-state index in [0.717, 1.165) is 11.3 Å². The van der Waals surface area contributed by atoms with Gasteiger partial charge in [0, 0.05) is 16.5 Å². The summed E-state index contributed by atoms with van der Waals surface area (Å²) >= 11 is 1.39. The SMILES string of the molecule is O=C1OC(Nc2nc(-c3ccc(F)cc3)cs2)c2ccc#cc21. The molecular weight excluding hydrogens is 315 g/mol. The van der Waals surface area contributed by atoms with Gasteiger partial charge in [0.2, 0.25) is 6.23 Å². The van der Waals surface area contributed by atoms with Crippen molar-refractivity contribution in [1.82, 2.24) is 4.98 Å². The number of hydrogen-bond acceptors (Lipinski definition) is 5. The van der Waals surface area contributed by atoms with Gasteiger partial charge in [-0.25, -0.2) is 14.2 Å². The maximum absolute atomic E-state index is 13.0. The van der Waals surface area contributed by atoms with Crippen LogP contribution < -0.4 is 5.32 Å². The second-order valence-corrected chi connectivity index (χ2v) is 5.77. The number of aromatic nitrogens is 1. The molecule has 1 atom stereocenters. The number of carbonyl (C=O) groups excluding carboxylic acids is 1. The Hall–Kier alpha value is -2.91. The van der Waals surface area contributed by atoms with Crippen molar-refractivity contribution in [3.8, 4) is 11.3 Å². The molecule has 6 heteroatoms. The normalized spacial score (nSPS) is 15.7. The summed E-state index contributed by atoms with van der Waals surface area (Å²) in [6.07, 6.45) is -0.587. The first-order chi connectivity index (χ1) is 11.2. The Kier molecular flexibility index (Phi) is 3.21. The van der Waals surface area contributed by atoms with Crippen LogP contribution in [0.4, 0.5) is 9.52 Å². The van der Waals surface area contributed by atoms with Crippen LogP contribution in [0, 0.1) is 17.9 Å². The largest absolute Gasteiger partial charge is 0.433 e. The molecular formula is C17H9FN2O2S. The summed E-state index contributed by atoms with van der Waals surface area (Å²) < 4.78 is 18.3. The van der Waals surface area contributed by atoms with E-state index < -0.39 is 12.2 Å². The molecule has 1 N–H and O–H groups in total. The average molecular weight is 324 g/mol. The highest BCUT2D eigenvalue weighted by Crippen LogP contribution is 2.32. The van der Waals surface area contributed by atoms with E-state index in [9.17, 15) is 9.18 Å². The predicted octanol–water partition coefficient (Wildman–Crippen LogP) is 3.83. The third-order valence-corrected chi connectivity index (χ3v) is 4.22. The zero-order valence-corrected chi connectivity index (χ0v) is 12.5. The van der Waals surface area contributed by atoms with Crippen molar-refractivity contribution >= 4 is 22.4 Å². The number of benzene rings is 1. The fourth-order valence-electron chi connectivity index (χ4n) is 2.33. The molecule has 0 saturated heterocycles. The molecule has 0 aliphatic carbocycles. The third-order valence-electron chi connectivity index (χ3n) is 3.44. The lowest BCUT2D eigenvalue weighted by Gasteiger charge is -2.11. The summed E-state index contributed by atoms with van der Waals surface area (Å²) in [6.45, 7) is 0. The van der Waals surface area contributed by atoms with E-state index in [4.69, 9.17) is 4.74 Å². The molecule has 1 aliphatic heterocycles. The van der Waals surface area contributed by atoms with Gasteiger partial charge in [-0.2, -0.15) is 0 Å². The minimum atomic E-state index is -0.587. The number of fused-ring (bicyclic) bond motifs is 1. The number of halogens is 1. The molecule has 3 aromatic rings. The molecule has 0 radical (unpaired) electrons. The molecule has 1 aromatic heterocycles. The quantitative estimate of drug-likeness (QED) is 0.744. The fourth-order valence-corrected chi connectivity index (χ4v) is 3.07. The van der Waals surface area contributed by atoms with Gasteiger partial charge in [-0.15, -0.1) is 11.3 Å². The molecule has 4 rings (SSSR count). The van der Waals surface area contributed by atoms with E-state index in [0.29, 0.717) is 16.3 Å². The first kappa shape index (κ1) is 13.7. The summed E-state index contributed by atoms with van der Waals surface area (Å²) in [5, 5.41) is 5.56. The van der Waals surface area contributed by atoms with Crippen molar-refractivity contribution in [2.24, 2.45) is 0 Å². The summed E-state index contributed by atoms with van der Waals surface area (Å²) in [4.78, 5) is 16.2. The lowest BCUT2D eigenvalue weighted by molar-refractivity contribution is 0.0437. The highest BCUT2D eigenvalue weighted by atomic mass is 32.1. The van der Waals surface area contributed by atoms with Gasteiger partial charge in [0.25, 0.3) is 0 Å². The number of ether oxygens (including phenoxy) is 1. The Labute approximate surface area is 135 Å². The number of thiazole rings is 1. The highest BCUT2D eigenvalue weighted by molar-refractivity contribution is 7.14. The number of hydrogen-bond donors (Lipinski definition) is 1. The van der Waals surface area contributed by atoms with E-state index in [-0.39, 0.29) is 5.82 Å². The number of anilines is 1. The fraction of sp³-hybridized carbons (Fsp3) is 0.0588. The smallest absolute Gasteiger partial charge is 0.349 e. The van der Waals surface area contributed by atoms with Crippen molar-refractivity contribution in [3.63, 3.8) is 0 Å². The molecule has 112 valence electrons. The molecule has 0 fully saturated rings. The Balaban J connectivity index is 1.57. The molecule has 4 nitrogen and oxygen atoms in total. The monoisotopic (exact) mass is 324 g/mol. The number of cyclic esters (lactones) is 1. The summed E-state index contributed by atoms with van der Waals surface area (Å²) in [5.41, 5.74) is 2.66. The Morgan fingerprint density at radius 2 is 2.09 bits per heavy atom. The molecule has 0 bridgehead atoms. The predicted molar refractivity (Wildman–Crippen MR) is 83.4 cm³/mol. The van der Waals surface area contributed by atoms with Crippen molar-refractivity contribution in [2.75, 3.05) is 5.32 Å². The maximum atomic E-state index is 13.0. The van der Waals surface area contributed by atoms with Crippen LogP contribution in [0.15, 0.2) is 41.8 Å². The Morgan fingerprint density at radius 3 is 2.91 bits per heavy atom. The standard InChI is InChI=1S/C17H9FN2O2S/c18-11-7-5-10(6-8-11)14-9-23-17(19-14)20-15-12-3-1-2-4-13(12)16(21)22-15/h1,3,5-9,15H,(H,19,20). The van der Waals surface area contributed by atoms with Gasteiger partial charge < -0.3 is 10.1 Å². The van der Waals surface area contributed by atoms with Gasteiger partial charge in [-0.3, -0.25) is 0 Å². The Bertz CT molecular complexity index is 876. The van der Waals surface area contributed by atoms with Crippen LogP contribution in [-0.2, 0) is 4.74 Å². The van der Waals surface area contributed by atoms with Gasteiger partial charge in [-0.05, 0) is 36.4 Å². The zero-order chi connectivity index (χ0) is 15.8. The van der Waals surface area contributed by atoms with Crippen LogP contribution >= 0.6 is 11.3 Å². The molecule has 2 aromatic carbocycles. The summed E-state index contributed by atoms with van der Waals surface area (Å²) in [5.74, 6) is -0.713. The Morgan fingerprint density at radius 1 is 1.26 bits per heavy atom. The minimum absolute atomic E-state index is 0.287. The van der Waals surface area contributed by atoms with Crippen LogP contribution in [0.2, 0.25) is 0 Å².